The van der Waals surface area contributed by atoms with Crippen LogP contribution in [0.25, 0.3) is 0 Å². The van der Waals surface area contributed by atoms with E-state index in [-0.39, 0.29) is 5.54 Å². The van der Waals surface area contributed by atoms with E-state index in [9.17, 15) is 0 Å². The van der Waals surface area contributed by atoms with Gasteiger partial charge >= 0.3 is 0 Å². The van der Waals surface area contributed by atoms with Gasteiger partial charge in [0.15, 0.2) is 0 Å². The predicted octanol–water partition coefficient (Wildman–Crippen LogP) is 2.50. The van der Waals surface area contributed by atoms with Gasteiger partial charge in [-0.15, -0.1) is 0 Å². The van der Waals surface area contributed by atoms with Crippen LogP contribution in [0.3, 0.4) is 0 Å². The van der Waals surface area contributed by atoms with E-state index in [1.54, 1.807) is 0 Å². The molecule has 2 heterocycles. The molecule has 0 N–H and O–H groups in total. The van der Waals surface area contributed by atoms with Crippen LogP contribution in [-0.2, 0) is 4.74 Å². The Morgan fingerprint density at radius 1 is 1.33 bits per heavy atom. The number of likely N-dealkylation sites (N-methyl/N-ethyl adjacent to an activating group) is 1. The first-order valence-corrected chi connectivity index (χ1v) is 8.03. The van der Waals surface area contributed by atoms with Gasteiger partial charge in [0.2, 0.25) is 0 Å². The maximum Gasteiger partial charge on any atom is 0.0933 e. The Morgan fingerprint density at radius 2 is 2.10 bits per heavy atom. The van der Waals surface area contributed by atoms with E-state index in [0.29, 0.717) is 12.0 Å². The Hall–Kier alpha value is -1.13. The third-order valence-corrected chi connectivity index (χ3v) is 5.05. The fourth-order valence-corrected chi connectivity index (χ4v) is 3.32. The van der Waals surface area contributed by atoms with Gasteiger partial charge in [0, 0.05) is 24.3 Å². The number of hydrogen-bond acceptors (Lipinski definition) is 4. The highest BCUT2D eigenvalue weighted by atomic mass is 16.5. The number of rotatable bonds is 4. The number of anilines is 1. The lowest BCUT2D eigenvalue weighted by atomic mass is 10.1. The quantitative estimate of drug-likeness (QED) is 0.851. The van der Waals surface area contributed by atoms with Gasteiger partial charge in [0.05, 0.1) is 24.6 Å². The standard InChI is InChI=1S/C17H27N3O/c1-13(2)15-6-5-14(11-18-15)20-9-10-21-16(12-20)17(7-8-17)19(3)4/h5-6,11,13,16H,7-10,12H2,1-4H3/t16-/m1/s1. The van der Waals surface area contributed by atoms with Crippen molar-refractivity contribution >= 4 is 5.69 Å². The summed E-state index contributed by atoms with van der Waals surface area (Å²) in [6.07, 6.45) is 4.84. The van der Waals surface area contributed by atoms with E-state index in [1.165, 1.54) is 18.5 Å². The molecule has 4 nitrogen and oxygen atoms in total. The van der Waals surface area contributed by atoms with Crippen LogP contribution >= 0.6 is 0 Å². The summed E-state index contributed by atoms with van der Waals surface area (Å²) in [5.41, 5.74) is 2.65. The summed E-state index contributed by atoms with van der Waals surface area (Å²) >= 11 is 0. The summed E-state index contributed by atoms with van der Waals surface area (Å²) < 4.78 is 6.08. The van der Waals surface area contributed by atoms with Crippen LogP contribution in [0.5, 0.6) is 0 Å². The predicted molar refractivity (Wildman–Crippen MR) is 85.9 cm³/mol. The van der Waals surface area contributed by atoms with Crippen LogP contribution in [0.4, 0.5) is 5.69 Å². The minimum absolute atomic E-state index is 0.268. The number of morpholine rings is 1. The molecule has 1 aliphatic heterocycles. The highest BCUT2D eigenvalue weighted by Crippen LogP contribution is 2.45. The topological polar surface area (TPSA) is 28.6 Å². The van der Waals surface area contributed by atoms with Crippen LogP contribution in [0.1, 0.15) is 38.3 Å². The maximum atomic E-state index is 6.08. The third-order valence-electron chi connectivity index (χ3n) is 5.05. The van der Waals surface area contributed by atoms with Gasteiger partial charge < -0.3 is 14.5 Å². The van der Waals surface area contributed by atoms with Gasteiger partial charge in [-0.3, -0.25) is 4.98 Å². The average molecular weight is 289 g/mol. The normalized spacial score (nSPS) is 24.7. The lowest BCUT2D eigenvalue weighted by Gasteiger charge is -2.40. The molecule has 1 aliphatic carbocycles. The Bertz CT molecular complexity index is 479. The molecule has 0 bridgehead atoms. The minimum atomic E-state index is 0.268. The zero-order valence-corrected chi connectivity index (χ0v) is 13.7. The fourth-order valence-electron chi connectivity index (χ4n) is 3.32. The van der Waals surface area contributed by atoms with Crippen molar-refractivity contribution in [2.75, 3.05) is 38.7 Å². The number of pyridine rings is 1. The van der Waals surface area contributed by atoms with E-state index in [4.69, 9.17) is 4.74 Å². The molecule has 2 aliphatic rings. The molecule has 116 valence electrons. The summed E-state index contributed by atoms with van der Waals surface area (Å²) in [5.74, 6) is 0.486. The fraction of sp³-hybridized carbons (Fsp3) is 0.706. The summed E-state index contributed by atoms with van der Waals surface area (Å²) in [5, 5.41) is 0. The van der Waals surface area contributed by atoms with Crippen molar-refractivity contribution in [2.24, 2.45) is 0 Å². The second-order valence-electron chi connectivity index (χ2n) is 6.90. The van der Waals surface area contributed by atoms with Crippen molar-refractivity contribution in [2.45, 2.75) is 44.2 Å². The van der Waals surface area contributed by atoms with Crippen molar-refractivity contribution in [3.63, 3.8) is 0 Å². The molecule has 0 radical (unpaired) electrons. The van der Waals surface area contributed by atoms with E-state index >= 15 is 0 Å². The van der Waals surface area contributed by atoms with Gasteiger partial charge in [-0.25, -0.2) is 0 Å². The van der Waals surface area contributed by atoms with Crippen LogP contribution < -0.4 is 4.90 Å². The van der Waals surface area contributed by atoms with Crippen molar-refractivity contribution in [3.05, 3.63) is 24.0 Å². The lowest BCUT2D eigenvalue weighted by Crippen LogP contribution is -2.53. The second kappa shape index (κ2) is 5.58. The first-order chi connectivity index (χ1) is 10.0. The molecule has 0 amide bonds. The Morgan fingerprint density at radius 3 is 2.62 bits per heavy atom. The molecule has 1 aromatic rings. The molecule has 1 aromatic heterocycles. The van der Waals surface area contributed by atoms with Gasteiger partial charge in [-0.05, 0) is 45.0 Å². The maximum absolute atomic E-state index is 6.08. The summed E-state index contributed by atoms with van der Waals surface area (Å²) in [6, 6.07) is 4.36. The summed E-state index contributed by atoms with van der Waals surface area (Å²) in [4.78, 5) is 9.37. The molecule has 4 heteroatoms. The highest BCUT2D eigenvalue weighted by molar-refractivity contribution is 5.45. The first kappa shape index (κ1) is 14.8. The Labute approximate surface area is 128 Å². The molecular formula is C17H27N3O. The first-order valence-electron chi connectivity index (χ1n) is 8.03. The summed E-state index contributed by atoms with van der Waals surface area (Å²) in [6.45, 7) is 7.11. The number of aromatic nitrogens is 1. The SMILES string of the molecule is CC(C)c1ccc(N2CCO[C@@H](C3(N(C)C)CC3)C2)cn1. The molecule has 0 unspecified atom stereocenters. The number of ether oxygens (including phenoxy) is 1. The highest BCUT2D eigenvalue weighted by Gasteiger charge is 2.53. The third kappa shape index (κ3) is 2.79. The van der Waals surface area contributed by atoms with Crippen LogP contribution in [-0.4, -0.2) is 55.3 Å². The van der Waals surface area contributed by atoms with Gasteiger partial charge in [0.1, 0.15) is 0 Å². The molecule has 1 saturated heterocycles. The number of hydrogen-bond donors (Lipinski definition) is 0. The largest absolute Gasteiger partial charge is 0.373 e. The minimum Gasteiger partial charge on any atom is -0.373 e. The van der Waals surface area contributed by atoms with Gasteiger partial charge in [-0.1, -0.05) is 13.8 Å². The van der Waals surface area contributed by atoms with Gasteiger partial charge in [0.25, 0.3) is 0 Å². The lowest BCUT2D eigenvalue weighted by molar-refractivity contribution is -0.0215. The summed E-state index contributed by atoms with van der Waals surface area (Å²) in [7, 11) is 4.35. The molecule has 1 saturated carbocycles. The molecule has 2 fully saturated rings. The van der Waals surface area contributed by atoms with Crippen molar-refractivity contribution in [1.29, 1.82) is 0 Å². The van der Waals surface area contributed by atoms with E-state index < -0.39 is 0 Å². The van der Waals surface area contributed by atoms with E-state index in [1.807, 2.05) is 6.20 Å². The van der Waals surface area contributed by atoms with E-state index in [2.05, 4.69) is 54.9 Å². The number of nitrogens with zero attached hydrogens (tertiary/aromatic N) is 3. The molecule has 3 rings (SSSR count). The van der Waals surface area contributed by atoms with Crippen molar-refractivity contribution in [1.82, 2.24) is 9.88 Å². The van der Waals surface area contributed by atoms with Crippen LogP contribution in [0, 0.1) is 0 Å². The van der Waals surface area contributed by atoms with Crippen molar-refractivity contribution in [3.8, 4) is 0 Å². The molecular weight excluding hydrogens is 262 g/mol. The smallest absolute Gasteiger partial charge is 0.0933 e. The Kier molecular flexibility index (Phi) is 3.93. The molecule has 0 spiro atoms. The zero-order chi connectivity index (χ0) is 15.0. The molecule has 1 atom stereocenters. The zero-order valence-electron chi connectivity index (χ0n) is 13.7. The van der Waals surface area contributed by atoms with E-state index in [0.717, 1.165) is 25.4 Å². The second-order valence-corrected chi connectivity index (χ2v) is 6.90. The monoisotopic (exact) mass is 289 g/mol. The molecule has 0 aromatic carbocycles. The van der Waals surface area contributed by atoms with Crippen LogP contribution in [0.15, 0.2) is 18.3 Å². The average Bonchev–Trinajstić information content (AvgIpc) is 3.29. The van der Waals surface area contributed by atoms with Crippen LogP contribution in [0.2, 0.25) is 0 Å². The Balaban J connectivity index is 1.71. The van der Waals surface area contributed by atoms with Gasteiger partial charge in [-0.2, -0.15) is 0 Å². The molecule has 21 heavy (non-hydrogen) atoms. The van der Waals surface area contributed by atoms with Crippen molar-refractivity contribution < 1.29 is 4.74 Å².